The predicted octanol–water partition coefficient (Wildman–Crippen LogP) is 3.39. The molecule has 0 aliphatic carbocycles. The smallest absolute Gasteiger partial charge is 0.133 e. The van der Waals surface area contributed by atoms with Gasteiger partial charge in [0.05, 0.1) is 29.1 Å². The molecule has 1 N–H and O–H groups in total. The van der Waals surface area contributed by atoms with E-state index in [1.165, 1.54) is 0 Å². The van der Waals surface area contributed by atoms with Crippen LogP contribution in [0, 0.1) is 6.92 Å². The van der Waals surface area contributed by atoms with E-state index < -0.39 is 6.10 Å². The Bertz CT molecular complexity index is 632. The maximum absolute atomic E-state index is 10.5. The normalized spacial score (nSPS) is 12.2. The Kier molecular flexibility index (Phi) is 5.31. The van der Waals surface area contributed by atoms with Crippen molar-refractivity contribution in [3.8, 4) is 5.75 Å². The third-order valence-electron chi connectivity index (χ3n) is 3.37. The Morgan fingerprint density at radius 2 is 2.05 bits per heavy atom. The maximum atomic E-state index is 10.5. The van der Waals surface area contributed by atoms with Gasteiger partial charge in [-0.1, -0.05) is 13.0 Å². The van der Waals surface area contributed by atoms with Crippen LogP contribution in [0.1, 0.15) is 35.5 Å². The highest BCUT2D eigenvalue weighted by molar-refractivity contribution is 9.10. The molecule has 0 aliphatic heterocycles. The van der Waals surface area contributed by atoms with E-state index in [1.807, 2.05) is 38.1 Å². The van der Waals surface area contributed by atoms with Crippen molar-refractivity contribution < 1.29 is 9.84 Å². The van der Waals surface area contributed by atoms with Crippen molar-refractivity contribution in [1.29, 1.82) is 0 Å². The summed E-state index contributed by atoms with van der Waals surface area (Å²) >= 11 is 3.46. The van der Waals surface area contributed by atoms with Crippen LogP contribution in [-0.4, -0.2) is 22.4 Å². The first kappa shape index (κ1) is 15.9. The first-order valence-corrected chi connectivity index (χ1v) is 7.68. The van der Waals surface area contributed by atoms with Gasteiger partial charge in [0, 0.05) is 12.0 Å². The van der Waals surface area contributed by atoms with Gasteiger partial charge in [-0.15, -0.1) is 0 Å². The number of ether oxygens (including phenoxy) is 1. The molecule has 0 saturated carbocycles. The standard InChI is InChI=1S/C16H19BrN2O2/c1-4-14-12(7-10(2)18-19-14)15(20)9-11-5-6-16(21-3)13(17)8-11/h5-8,15,20H,4,9H2,1-3H3. The number of aliphatic hydroxyl groups excluding tert-OH is 1. The Morgan fingerprint density at radius 3 is 2.67 bits per heavy atom. The number of methoxy groups -OCH3 is 1. The fraction of sp³-hybridized carbons (Fsp3) is 0.375. The minimum atomic E-state index is -0.588. The lowest BCUT2D eigenvalue weighted by molar-refractivity contribution is 0.176. The minimum Gasteiger partial charge on any atom is -0.496 e. The molecule has 112 valence electrons. The van der Waals surface area contributed by atoms with Crippen LogP contribution in [0.4, 0.5) is 0 Å². The molecule has 1 aromatic heterocycles. The SMILES string of the molecule is CCc1nnc(C)cc1C(O)Cc1ccc(OC)c(Br)c1. The van der Waals surface area contributed by atoms with Gasteiger partial charge in [-0.3, -0.25) is 0 Å². The number of hydrogen-bond donors (Lipinski definition) is 1. The van der Waals surface area contributed by atoms with Crippen LogP contribution in [0.25, 0.3) is 0 Å². The molecule has 0 radical (unpaired) electrons. The van der Waals surface area contributed by atoms with Crippen molar-refractivity contribution in [1.82, 2.24) is 10.2 Å². The van der Waals surface area contributed by atoms with E-state index >= 15 is 0 Å². The number of halogens is 1. The summed E-state index contributed by atoms with van der Waals surface area (Å²) in [4.78, 5) is 0. The van der Waals surface area contributed by atoms with Crippen LogP contribution < -0.4 is 4.74 Å². The van der Waals surface area contributed by atoms with Gasteiger partial charge in [-0.05, 0) is 53.0 Å². The fourth-order valence-corrected chi connectivity index (χ4v) is 2.86. The van der Waals surface area contributed by atoms with Gasteiger partial charge in [0.15, 0.2) is 0 Å². The van der Waals surface area contributed by atoms with Crippen LogP contribution in [0.5, 0.6) is 5.75 Å². The molecule has 5 heteroatoms. The van der Waals surface area contributed by atoms with Crippen molar-refractivity contribution >= 4 is 15.9 Å². The number of aryl methyl sites for hydroxylation is 2. The van der Waals surface area contributed by atoms with Crippen molar-refractivity contribution in [2.24, 2.45) is 0 Å². The Hall–Kier alpha value is -1.46. The van der Waals surface area contributed by atoms with E-state index in [1.54, 1.807) is 7.11 Å². The summed E-state index contributed by atoms with van der Waals surface area (Å²) < 4.78 is 6.10. The number of aliphatic hydroxyl groups is 1. The lowest BCUT2D eigenvalue weighted by atomic mass is 9.99. The molecule has 2 rings (SSSR count). The zero-order valence-electron chi connectivity index (χ0n) is 12.4. The average Bonchev–Trinajstić information content (AvgIpc) is 2.47. The quantitative estimate of drug-likeness (QED) is 0.897. The first-order valence-electron chi connectivity index (χ1n) is 6.88. The van der Waals surface area contributed by atoms with Crippen molar-refractivity contribution in [2.45, 2.75) is 32.8 Å². The second kappa shape index (κ2) is 7.00. The van der Waals surface area contributed by atoms with E-state index in [4.69, 9.17) is 4.74 Å². The van der Waals surface area contributed by atoms with Gasteiger partial charge < -0.3 is 9.84 Å². The van der Waals surface area contributed by atoms with Crippen LogP contribution in [0.2, 0.25) is 0 Å². The molecule has 0 bridgehead atoms. The third-order valence-corrected chi connectivity index (χ3v) is 3.98. The van der Waals surface area contributed by atoms with Gasteiger partial charge in [-0.2, -0.15) is 10.2 Å². The monoisotopic (exact) mass is 350 g/mol. The summed E-state index contributed by atoms with van der Waals surface area (Å²) in [5.74, 6) is 0.781. The Labute approximate surface area is 133 Å². The number of benzene rings is 1. The molecule has 4 nitrogen and oxygen atoms in total. The Balaban J connectivity index is 2.23. The molecule has 21 heavy (non-hydrogen) atoms. The zero-order valence-corrected chi connectivity index (χ0v) is 14.0. The number of rotatable bonds is 5. The van der Waals surface area contributed by atoms with E-state index in [0.29, 0.717) is 6.42 Å². The van der Waals surface area contributed by atoms with E-state index in [0.717, 1.165) is 39.2 Å². The topological polar surface area (TPSA) is 55.2 Å². The second-order valence-electron chi connectivity index (χ2n) is 4.93. The summed E-state index contributed by atoms with van der Waals surface area (Å²) in [6, 6.07) is 7.73. The molecule has 0 aliphatic rings. The van der Waals surface area contributed by atoms with E-state index in [9.17, 15) is 5.11 Å². The minimum absolute atomic E-state index is 0.528. The molecular formula is C16H19BrN2O2. The zero-order chi connectivity index (χ0) is 15.4. The summed E-state index contributed by atoms with van der Waals surface area (Å²) in [5.41, 5.74) is 3.56. The molecule has 0 fully saturated rings. The number of nitrogens with zero attached hydrogens (tertiary/aromatic N) is 2. The molecule has 0 saturated heterocycles. The van der Waals surface area contributed by atoms with Crippen LogP contribution in [-0.2, 0) is 12.8 Å². The van der Waals surface area contributed by atoms with Gasteiger partial charge >= 0.3 is 0 Å². The summed E-state index contributed by atoms with van der Waals surface area (Å²) in [5, 5.41) is 18.7. The van der Waals surface area contributed by atoms with Gasteiger partial charge in [0.25, 0.3) is 0 Å². The molecule has 1 aromatic carbocycles. The van der Waals surface area contributed by atoms with Crippen molar-refractivity contribution in [3.63, 3.8) is 0 Å². The molecule has 0 spiro atoms. The van der Waals surface area contributed by atoms with Gasteiger partial charge in [0.2, 0.25) is 0 Å². The van der Waals surface area contributed by atoms with Crippen molar-refractivity contribution in [2.75, 3.05) is 7.11 Å². The maximum Gasteiger partial charge on any atom is 0.133 e. The van der Waals surface area contributed by atoms with E-state index in [2.05, 4.69) is 26.1 Å². The Morgan fingerprint density at radius 1 is 1.29 bits per heavy atom. The second-order valence-corrected chi connectivity index (χ2v) is 5.78. The molecule has 2 aromatic rings. The highest BCUT2D eigenvalue weighted by Crippen LogP contribution is 2.28. The van der Waals surface area contributed by atoms with Crippen LogP contribution in [0.3, 0.4) is 0 Å². The summed E-state index contributed by atoms with van der Waals surface area (Å²) in [7, 11) is 1.63. The average molecular weight is 351 g/mol. The third kappa shape index (κ3) is 3.80. The first-order chi connectivity index (χ1) is 10.0. The van der Waals surface area contributed by atoms with Gasteiger partial charge in [0.1, 0.15) is 5.75 Å². The van der Waals surface area contributed by atoms with Crippen LogP contribution in [0.15, 0.2) is 28.7 Å². The molecule has 1 heterocycles. The largest absolute Gasteiger partial charge is 0.496 e. The van der Waals surface area contributed by atoms with E-state index in [-0.39, 0.29) is 0 Å². The van der Waals surface area contributed by atoms with Crippen molar-refractivity contribution in [3.05, 3.63) is 51.3 Å². The highest BCUT2D eigenvalue weighted by atomic mass is 79.9. The molecule has 0 amide bonds. The van der Waals surface area contributed by atoms with Gasteiger partial charge in [-0.25, -0.2) is 0 Å². The summed E-state index contributed by atoms with van der Waals surface area (Å²) in [6.07, 6.45) is 0.696. The van der Waals surface area contributed by atoms with Crippen LogP contribution >= 0.6 is 15.9 Å². The molecule has 1 atom stereocenters. The number of aromatic nitrogens is 2. The highest BCUT2D eigenvalue weighted by Gasteiger charge is 2.15. The lowest BCUT2D eigenvalue weighted by Crippen LogP contribution is -2.09. The summed E-state index contributed by atoms with van der Waals surface area (Å²) in [6.45, 7) is 3.90. The number of hydrogen-bond acceptors (Lipinski definition) is 4. The molecule has 1 unspecified atom stereocenters. The fourth-order valence-electron chi connectivity index (χ4n) is 2.27. The lowest BCUT2D eigenvalue weighted by Gasteiger charge is -2.15. The molecular weight excluding hydrogens is 332 g/mol. The predicted molar refractivity (Wildman–Crippen MR) is 85.5 cm³/mol.